The van der Waals surface area contributed by atoms with Gasteiger partial charge in [-0.05, 0) is 37.8 Å². The molecule has 0 amide bonds. The van der Waals surface area contributed by atoms with Gasteiger partial charge in [0.1, 0.15) is 0 Å². The standard InChI is InChI=1S/C23H30O6P2/c1-19-3-7-21(8-4-19)11-13-24-30-26-15-23(16-27-30)17-28-31(29-18-23)25-14-12-22-9-5-20(2)6-10-22/h3-10H,11-18H2,1-2H3. The van der Waals surface area contributed by atoms with E-state index in [1.165, 1.54) is 22.3 Å². The topological polar surface area (TPSA) is 55.4 Å². The van der Waals surface area contributed by atoms with Gasteiger partial charge in [0.05, 0.1) is 45.1 Å². The minimum Gasteiger partial charge on any atom is -0.312 e. The van der Waals surface area contributed by atoms with Crippen LogP contribution in [0.3, 0.4) is 0 Å². The molecule has 0 atom stereocenters. The highest BCUT2D eigenvalue weighted by molar-refractivity contribution is 7.42. The SMILES string of the molecule is Cc1ccc(CCOP2OCC3(CO2)COP(OCCc2ccc(C)cc2)OC3)cc1. The fourth-order valence-electron chi connectivity index (χ4n) is 3.22. The van der Waals surface area contributed by atoms with Crippen LogP contribution in [0.2, 0.25) is 0 Å². The molecule has 0 unspecified atom stereocenters. The summed E-state index contributed by atoms with van der Waals surface area (Å²) in [5.74, 6) is 0. The molecule has 2 heterocycles. The summed E-state index contributed by atoms with van der Waals surface area (Å²) in [7, 11) is -2.62. The highest BCUT2D eigenvalue weighted by Crippen LogP contribution is 2.52. The van der Waals surface area contributed by atoms with Gasteiger partial charge in [-0.3, -0.25) is 0 Å². The van der Waals surface area contributed by atoms with E-state index in [2.05, 4.69) is 62.4 Å². The van der Waals surface area contributed by atoms with Crippen molar-refractivity contribution in [1.82, 2.24) is 0 Å². The molecule has 2 fully saturated rings. The minimum absolute atomic E-state index is 0.279. The lowest BCUT2D eigenvalue weighted by Gasteiger charge is -2.41. The Bertz CT molecular complexity index is 725. The van der Waals surface area contributed by atoms with Crippen molar-refractivity contribution in [2.45, 2.75) is 26.7 Å². The van der Waals surface area contributed by atoms with Crippen molar-refractivity contribution in [3.63, 3.8) is 0 Å². The first-order valence-corrected chi connectivity index (χ1v) is 12.8. The first-order chi connectivity index (χ1) is 15.1. The molecule has 6 nitrogen and oxygen atoms in total. The Labute approximate surface area is 187 Å². The number of benzene rings is 2. The van der Waals surface area contributed by atoms with Crippen LogP contribution in [-0.2, 0) is 40.0 Å². The summed E-state index contributed by atoms with van der Waals surface area (Å²) in [5.41, 5.74) is 4.74. The van der Waals surface area contributed by atoms with Crippen LogP contribution in [0.1, 0.15) is 22.3 Å². The third-order valence-electron chi connectivity index (χ3n) is 5.32. The van der Waals surface area contributed by atoms with Gasteiger partial charge in [-0.1, -0.05) is 59.7 Å². The lowest BCUT2D eigenvalue weighted by Crippen LogP contribution is -2.44. The second-order valence-corrected chi connectivity index (χ2v) is 10.6. The van der Waals surface area contributed by atoms with Gasteiger partial charge in [0.2, 0.25) is 0 Å². The zero-order valence-electron chi connectivity index (χ0n) is 18.1. The van der Waals surface area contributed by atoms with Gasteiger partial charge >= 0.3 is 17.2 Å². The van der Waals surface area contributed by atoms with Crippen LogP contribution in [0.25, 0.3) is 0 Å². The molecule has 31 heavy (non-hydrogen) atoms. The molecule has 0 saturated carbocycles. The van der Waals surface area contributed by atoms with Crippen LogP contribution in [0.15, 0.2) is 48.5 Å². The van der Waals surface area contributed by atoms with Gasteiger partial charge in [0.25, 0.3) is 0 Å². The van der Waals surface area contributed by atoms with E-state index in [0.29, 0.717) is 39.6 Å². The van der Waals surface area contributed by atoms with Gasteiger partial charge in [-0.15, -0.1) is 0 Å². The third kappa shape index (κ3) is 7.02. The highest BCUT2D eigenvalue weighted by Gasteiger charge is 2.43. The predicted molar refractivity (Wildman–Crippen MR) is 122 cm³/mol. The molecule has 8 heteroatoms. The lowest BCUT2D eigenvalue weighted by atomic mass is 9.93. The smallest absolute Gasteiger partial charge is 0.312 e. The number of aryl methyl sites for hydroxylation is 2. The summed E-state index contributed by atoms with van der Waals surface area (Å²) in [6.45, 7) is 7.37. The monoisotopic (exact) mass is 464 g/mol. The Hall–Kier alpha value is -0.940. The van der Waals surface area contributed by atoms with Gasteiger partial charge in [0.15, 0.2) is 0 Å². The molecule has 0 bridgehead atoms. The Morgan fingerprint density at radius 1 is 0.645 bits per heavy atom. The molecule has 2 saturated heterocycles. The molecule has 0 aliphatic carbocycles. The zero-order valence-corrected chi connectivity index (χ0v) is 19.9. The fourth-order valence-corrected chi connectivity index (χ4v) is 5.66. The quantitative estimate of drug-likeness (QED) is 0.471. The molecular formula is C23H30O6P2. The molecule has 0 radical (unpaired) electrons. The number of hydrogen-bond acceptors (Lipinski definition) is 6. The van der Waals surface area contributed by atoms with Crippen molar-refractivity contribution in [3.05, 3.63) is 70.8 Å². The first kappa shape index (κ1) is 23.2. The van der Waals surface area contributed by atoms with E-state index in [1.54, 1.807) is 0 Å². The number of hydrogen-bond donors (Lipinski definition) is 0. The van der Waals surface area contributed by atoms with Gasteiger partial charge in [0, 0.05) is 0 Å². The van der Waals surface area contributed by atoms with Crippen LogP contribution in [0.4, 0.5) is 0 Å². The molecule has 4 rings (SSSR count). The van der Waals surface area contributed by atoms with E-state index in [0.717, 1.165) is 12.8 Å². The molecule has 2 aliphatic rings. The molecule has 2 aromatic carbocycles. The summed E-state index contributed by atoms with van der Waals surface area (Å²) in [5, 5.41) is 0. The van der Waals surface area contributed by atoms with Crippen LogP contribution < -0.4 is 0 Å². The van der Waals surface area contributed by atoms with Gasteiger partial charge < -0.3 is 27.1 Å². The van der Waals surface area contributed by atoms with Crippen molar-refractivity contribution in [2.24, 2.45) is 5.41 Å². The summed E-state index contributed by atoms with van der Waals surface area (Å²) in [6.07, 6.45) is 1.68. The lowest BCUT2D eigenvalue weighted by molar-refractivity contribution is -0.0758. The Morgan fingerprint density at radius 3 is 1.35 bits per heavy atom. The highest BCUT2D eigenvalue weighted by atomic mass is 31.2. The van der Waals surface area contributed by atoms with Crippen molar-refractivity contribution in [2.75, 3.05) is 39.6 Å². The van der Waals surface area contributed by atoms with E-state index in [4.69, 9.17) is 27.1 Å². The number of rotatable bonds is 8. The predicted octanol–water partition coefficient (Wildman–Crippen LogP) is 5.66. The molecule has 0 N–H and O–H groups in total. The van der Waals surface area contributed by atoms with Crippen molar-refractivity contribution in [3.8, 4) is 0 Å². The van der Waals surface area contributed by atoms with E-state index in [-0.39, 0.29) is 5.41 Å². The largest absolute Gasteiger partial charge is 0.332 e. The maximum atomic E-state index is 5.84. The first-order valence-electron chi connectivity index (χ1n) is 10.6. The van der Waals surface area contributed by atoms with Crippen molar-refractivity contribution < 1.29 is 27.1 Å². The van der Waals surface area contributed by atoms with Crippen molar-refractivity contribution in [1.29, 1.82) is 0 Å². The Morgan fingerprint density at radius 2 is 1.00 bits per heavy atom. The second kappa shape index (κ2) is 11.3. The van der Waals surface area contributed by atoms with Crippen LogP contribution in [-0.4, -0.2) is 39.6 Å². The molecule has 1 spiro atoms. The van der Waals surface area contributed by atoms with Crippen LogP contribution in [0, 0.1) is 19.3 Å². The van der Waals surface area contributed by atoms with E-state index >= 15 is 0 Å². The summed E-state index contributed by atoms with van der Waals surface area (Å²) in [6, 6.07) is 17.0. The normalized spacial score (nSPS) is 26.3. The van der Waals surface area contributed by atoms with Gasteiger partial charge in [-0.2, -0.15) is 0 Å². The average molecular weight is 464 g/mol. The van der Waals surface area contributed by atoms with E-state index < -0.39 is 17.2 Å². The van der Waals surface area contributed by atoms with Crippen molar-refractivity contribution >= 4 is 17.2 Å². The summed E-state index contributed by atoms with van der Waals surface area (Å²) >= 11 is 0. The average Bonchev–Trinajstić information content (AvgIpc) is 2.79. The maximum Gasteiger partial charge on any atom is 0.332 e. The minimum atomic E-state index is -1.31. The van der Waals surface area contributed by atoms with Crippen LogP contribution in [0.5, 0.6) is 0 Å². The third-order valence-corrected chi connectivity index (χ3v) is 7.47. The summed E-state index contributed by atoms with van der Waals surface area (Å²) in [4.78, 5) is 0. The molecule has 0 aromatic heterocycles. The molecule has 168 valence electrons. The molecule has 2 aliphatic heterocycles. The van der Waals surface area contributed by atoms with E-state index in [9.17, 15) is 0 Å². The van der Waals surface area contributed by atoms with E-state index in [1.807, 2.05) is 0 Å². The Kier molecular flexibility index (Phi) is 8.44. The molecule has 2 aromatic rings. The van der Waals surface area contributed by atoms with Gasteiger partial charge in [-0.25, -0.2) is 0 Å². The Balaban J connectivity index is 1.11. The molecular weight excluding hydrogens is 434 g/mol. The fraction of sp³-hybridized carbons (Fsp3) is 0.478. The summed E-state index contributed by atoms with van der Waals surface area (Å²) < 4.78 is 34.9. The maximum absolute atomic E-state index is 5.84. The zero-order chi connectivity index (χ0) is 21.5. The second-order valence-electron chi connectivity index (χ2n) is 8.18. The van der Waals surface area contributed by atoms with Crippen LogP contribution >= 0.6 is 17.2 Å².